The van der Waals surface area contributed by atoms with Gasteiger partial charge in [0.15, 0.2) is 0 Å². The van der Waals surface area contributed by atoms with Crippen molar-refractivity contribution in [2.75, 3.05) is 11.9 Å². The van der Waals surface area contributed by atoms with Gasteiger partial charge in [0.1, 0.15) is 0 Å². The molecule has 0 spiro atoms. The highest BCUT2D eigenvalue weighted by Crippen LogP contribution is 2.10. The topological polar surface area (TPSA) is 86.0 Å². The van der Waals surface area contributed by atoms with Gasteiger partial charge in [0, 0.05) is 30.5 Å². The van der Waals surface area contributed by atoms with E-state index >= 15 is 0 Å². The monoisotopic (exact) mass is 267 g/mol. The summed E-state index contributed by atoms with van der Waals surface area (Å²) in [6, 6.07) is 12.3. The number of carboxylic acids is 1. The largest absolute Gasteiger partial charge is 0.478 e. The van der Waals surface area contributed by atoms with Crippen molar-refractivity contribution >= 4 is 11.7 Å². The Kier molecular flexibility index (Phi) is 4.30. The van der Waals surface area contributed by atoms with Gasteiger partial charge in [0.05, 0.1) is 17.2 Å². The van der Waals surface area contributed by atoms with Gasteiger partial charge in [0.2, 0.25) is 0 Å². The van der Waals surface area contributed by atoms with Crippen LogP contribution in [0.2, 0.25) is 0 Å². The average molecular weight is 267 g/mol. The number of pyridine rings is 1. The summed E-state index contributed by atoms with van der Waals surface area (Å²) < 4.78 is 0. The molecule has 2 rings (SSSR count). The van der Waals surface area contributed by atoms with Crippen LogP contribution in [0.4, 0.5) is 5.69 Å². The van der Waals surface area contributed by atoms with E-state index in [2.05, 4.69) is 16.4 Å². The Labute approximate surface area is 116 Å². The maximum absolute atomic E-state index is 10.8. The van der Waals surface area contributed by atoms with Crippen LogP contribution in [0, 0.1) is 11.3 Å². The van der Waals surface area contributed by atoms with Gasteiger partial charge in [-0.25, -0.2) is 4.79 Å². The van der Waals surface area contributed by atoms with E-state index in [1.54, 1.807) is 18.2 Å². The molecule has 2 N–H and O–H groups in total. The molecule has 5 heteroatoms. The number of benzene rings is 1. The third kappa shape index (κ3) is 3.56. The minimum atomic E-state index is -0.955. The van der Waals surface area contributed by atoms with Gasteiger partial charge in [-0.1, -0.05) is 6.07 Å². The molecule has 0 atom stereocenters. The number of nitriles is 1. The first-order valence-electron chi connectivity index (χ1n) is 6.11. The molecule has 5 nitrogen and oxygen atoms in total. The second-order valence-electron chi connectivity index (χ2n) is 4.21. The highest BCUT2D eigenvalue weighted by Gasteiger charge is 2.04. The zero-order chi connectivity index (χ0) is 14.4. The van der Waals surface area contributed by atoms with E-state index in [9.17, 15) is 4.79 Å². The van der Waals surface area contributed by atoms with E-state index in [0.29, 0.717) is 24.2 Å². The van der Waals surface area contributed by atoms with Crippen molar-refractivity contribution in [3.63, 3.8) is 0 Å². The lowest BCUT2D eigenvalue weighted by Gasteiger charge is -2.06. The molecule has 0 saturated heterocycles. The van der Waals surface area contributed by atoms with Gasteiger partial charge in [-0.2, -0.15) is 5.26 Å². The highest BCUT2D eigenvalue weighted by atomic mass is 16.4. The zero-order valence-corrected chi connectivity index (χ0v) is 10.7. The lowest BCUT2D eigenvalue weighted by Crippen LogP contribution is -2.07. The van der Waals surface area contributed by atoms with Crippen LogP contribution in [0.5, 0.6) is 0 Å². The predicted molar refractivity (Wildman–Crippen MR) is 74.5 cm³/mol. The number of nitrogens with one attached hydrogen (secondary N) is 1. The zero-order valence-electron chi connectivity index (χ0n) is 10.7. The summed E-state index contributed by atoms with van der Waals surface area (Å²) in [6.45, 7) is 0.616. The van der Waals surface area contributed by atoms with Gasteiger partial charge in [-0.3, -0.25) is 4.98 Å². The molecule has 2 aromatic rings. The molecule has 1 aromatic carbocycles. The number of rotatable bonds is 5. The molecule has 0 saturated carbocycles. The van der Waals surface area contributed by atoms with E-state index in [1.807, 2.05) is 12.1 Å². The van der Waals surface area contributed by atoms with E-state index in [0.717, 1.165) is 5.69 Å². The normalized spacial score (nSPS) is 9.75. The Bertz CT molecular complexity index is 662. The highest BCUT2D eigenvalue weighted by molar-refractivity contribution is 5.87. The summed E-state index contributed by atoms with van der Waals surface area (Å²) in [5.74, 6) is -0.955. The summed E-state index contributed by atoms with van der Waals surface area (Å²) in [4.78, 5) is 15.0. The summed E-state index contributed by atoms with van der Waals surface area (Å²) in [6.07, 6.45) is 2.10. The van der Waals surface area contributed by atoms with E-state index < -0.39 is 5.97 Å². The van der Waals surface area contributed by atoms with E-state index in [4.69, 9.17) is 10.4 Å². The molecule has 0 amide bonds. The van der Waals surface area contributed by atoms with Crippen molar-refractivity contribution in [1.82, 2.24) is 4.98 Å². The van der Waals surface area contributed by atoms with E-state index in [-0.39, 0.29) is 5.56 Å². The van der Waals surface area contributed by atoms with Crippen LogP contribution in [0.3, 0.4) is 0 Å². The Morgan fingerprint density at radius 1 is 1.35 bits per heavy atom. The van der Waals surface area contributed by atoms with Crippen molar-refractivity contribution < 1.29 is 9.90 Å². The predicted octanol–water partition coefficient (Wildman–Crippen LogP) is 2.31. The van der Waals surface area contributed by atoms with Crippen molar-refractivity contribution in [1.29, 1.82) is 5.26 Å². The third-order valence-electron chi connectivity index (χ3n) is 2.77. The quantitative estimate of drug-likeness (QED) is 0.868. The van der Waals surface area contributed by atoms with Crippen molar-refractivity contribution in [3.05, 3.63) is 59.4 Å². The average Bonchev–Trinajstić information content (AvgIpc) is 2.48. The van der Waals surface area contributed by atoms with Crippen LogP contribution >= 0.6 is 0 Å². The maximum atomic E-state index is 10.8. The molecule has 20 heavy (non-hydrogen) atoms. The minimum Gasteiger partial charge on any atom is -0.478 e. The van der Waals surface area contributed by atoms with Crippen LogP contribution in [0.1, 0.15) is 21.6 Å². The van der Waals surface area contributed by atoms with Gasteiger partial charge in [-0.15, -0.1) is 0 Å². The molecule has 0 aliphatic carbocycles. The van der Waals surface area contributed by atoms with Crippen molar-refractivity contribution in [2.24, 2.45) is 0 Å². The molecule has 1 heterocycles. The molecule has 0 unspecified atom stereocenters. The number of aromatic nitrogens is 1. The number of hydrogen-bond donors (Lipinski definition) is 2. The SMILES string of the molecule is N#Cc1cccc(NCCc2cc(C(=O)O)ccn2)c1. The molecular formula is C15H13N3O2. The molecule has 0 aliphatic heterocycles. The molecule has 0 aliphatic rings. The van der Waals surface area contributed by atoms with Gasteiger partial charge >= 0.3 is 5.97 Å². The Hall–Kier alpha value is -2.87. The number of carboxylic acid groups (broad SMARTS) is 1. The lowest BCUT2D eigenvalue weighted by atomic mass is 10.2. The molecule has 0 fully saturated rings. The number of anilines is 1. The standard InChI is InChI=1S/C15H13N3O2/c16-10-11-2-1-3-13(8-11)18-7-5-14-9-12(15(19)20)4-6-17-14/h1-4,6,8-9,18H,5,7H2,(H,19,20). The Balaban J connectivity index is 1.94. The van der Waals surface area contributed by atoms with Gasteiger partial charge < -0.3 is 10.4 Å². The van der Waals surface area contributed by atoms with Gasteiger partial charge in [-0.05, 0) is 30.3 Å². The van der Waals surface area contributed by atoms with Crippen molar-refractivity contribution in [3.8, 4) is 6.07 Å². The smallest absolute Gasteiger partial charge is 0.335 e. The number of hydrogen-bond acceptors (Lipinski definition) is 4. The molecule has 0 radical (unpaired) electrons. The lowest BCUT2D eigenvalue weighted by molar-refractivity contribution is 0.0696. The summed E-state index contributed by atoms with van der Waals surface area (Å²) in [5, 5.41) is 20.9. The van der Waals surface area contributed by atoms with Crippen LogP contribution < -0.4 is 5.32 Å². The fourth-order valence-corrected chi connectivity index (χ4v) is 1.78. The van der Waals surface area contributed by atoms with Gasteiger partial charge in [0.25, 0.3) is 0 Å². The number of nitrogens with zero attached hydrogens (tertiary/aromatic N) is 2. The molecule has 100 valence electrons. The fourth-order valence-electron chi connectivity index (χ4n) is 1.78. The third-order valence-corrected chi connectivity index (χ3v) is 2.77. The summed E-state index contributed by atoms with van der Waals surface area (Å²) in [5.41, 5.74) is 2.41. The Morgan fingerprint density at radius 3 is 2.95 bits per heavy atom. The van der Waals surface area contributed by atoms with E-state index in [1.165, 1.54) is 12.3 Å². The first-order chi connectivity index (χ1) is 9.69. The molecular weight excluding hydrogens is 254 g/mol. The fraction of sp³-hybridized carbons (Fsp3) is 0.133. The summed E-state index contributed by atoms with van der Waals surface area (Å²) >= 11 is 0. The van der Waals surface area contributed by atoms with Crippen LogP contribution in [0.15, 0.2) is 42.6 Å². The first-order valence-corrected chi connectivity index (χ1v) is 6.11. The second kappa shape index (κ2) is 6.34. The summed E-state index contributed by atoms with van der Waals surface area (Å²) in [7, 11) is 0. The minimum absolute atomic E-state index is 0.237. The van der Waals surface area contributed by atoms with Crippen molar-refractivity contribution in [2.45, 2.75) is 6.42 Å². The van der Waals surface area contributed by atoms with Crippen LogP contribution in [0.25, 0.3) is 0 Å². The van der Waals surface area contributed by atoms with Crippen LogP contribution in [-0.2, 0) is 6.42 Å². The molecule has 1 aromatic heterocycles. The van der Waals surface area contributed by atoms with Crippen LogP contribution in [-0.4, -0.2) is 22.6 Å². The maximum Gasteiger partial charge on any atom is 0.335 e. The second-order valence-corrected chi connectivity index (χ2v) is 4.21. The molecule has 0 bridgehead atoms. The number of carbonyl (C=O) groups is 1. The first kappa shape index (κ1) is 13.6. The Morgan fingerprint density at radius 2 is 2.20 bits per heavy atom. The number of aromatic carboxylic acids is 1.